The Morgan fingerprint density at radius 2 is 1.79 bits per heavy atom. The van der Waals surface area contributed by atoms with Gasteiger partial charge in [0.1, 0.15) is 6.04 Å². The Labute approximate surface area is 168 Å². The Hall–Kier alpha value is -2.34. The van der Waals surface area contributed by atoms with Crippen molar-refractivity contribution in [1.82, 2.24) is 4.90 Å². The second-order valence-corrected chi connectivity index (χ2v) is 8.55. The first-order valence-electron chi connectivity index (χ1n) is 9.03. The summed E-state index contributed by atoms with van der Waals surface area (Å²) in [5.74, 6) is -1.40. The zero-order valence-electron chi connectivity index (χ0n) is 16.1. The van der Waals surface area contributed by atoms with Gasteiger partial charge in [0.05, 0.1) is 23.5 Å². The average molecular weight is 425 g/mol. The molecular weight excluding hydrogens is 402 g/mol. The highest BCUT2D eigenvalue weighted by molar-refractivity contribution is 7.89. The third kappa shape index (κ3) is 4.47. The number of rotatable bonds is 8. The SMILES string of the molecule is COC(CN(C(=O)C1CC1)C1CC(=O)N(c2ccc(S(N)(=O)=O)cc2)C1=O)OC. The predicted molar refractivity (Wildman–Crippen MR) is 101 cm³/mol. The molecule has 11 heteroatoms. The molecule has 1 unspecified atom stereocenters. The van der Waals surface area contributed by atoms with Gasteiger partial charge >= 0.3 is 0 Å². The molecule has 0 radical (unpaired) electrons. The summed E-state index contributed by atoms with van der Waals surface area (Å²) in [6.45, 7) is 0.0181. The van der Waals surface area contributed by atoms with Crippen molar-refractivity contribution in [2.75, 3.05) is 25.7 Å². The molecule has 1 saturated heterocycles. The number of ether oxygens (including phenoxy) is 2. The van der Waals surface area contributed by atoms with Crippen LogP contribution in [0, 0.1) is 5.92 Å². The Morgan fingerprint density at radius 1 is 1.21 bits per heavy atom. The number of nitrogens with two attached hydrogens (primary N) is 1. The summed E-state index contributed by atoms with van der Waals surface area (Å²) >= 11 is 0. The number of carbonyl (C=O) groups is 3. The van der Waals surface area contributed by atoms with Gasteiger partial charge in [-0.05, 0) is 37.1 Å². The van der Waals surface area contributed by atoms with Gasteiger partial charge < -0.3 is 14.4 Å². The van der Waals surface area contributed by atoms with Gasteiger partial charge in [-0.2, -0.15) is 0 Å². The summed E-state index contributed by atoms with van der Waals surface area (Å²) in [5, 5.41) is 5.07. The molecule has 1 atom stereocenters. The Bertz CT molecular complexity index is 908. The number of hydrogen-bond donors (Lipinski definition) is 1. The molecule has 3 amide bonds. The van der Waals surface area contributed by atoms with E-state index in [1.54, 1.807) is 0 Å². The lowest BCUT2D eigenvalue weighted by Gasteiger charge is -2.30. The highest BCUT2D eigenvalue weighted by Gasteiger charge is 2.47. The van der Waals surface area contributed by atoms with Crippen LogP contribution in [0.2, 0.25) is 0 Å². The van der Waals surface area contributed by atoms with Crippen LogP contribution in [0.4, 0.5) is 5.69 Å². The lowest BCUT2D eigenvalue weighted by atomic mass is 10.1. The van der Waals surface area contributed by atoms with Gasteiger partial charge in [0.15, 0.2) is 6.29 Å². The third-order valence-electron chi connectivity index (χ3n) is 5.00. The van der Waals surface area contributed by atoms with Crippen molar-refractivity contribution >= 4 is 33.4 Å². The largest absolute Gasteiger partial charge is 0.354 e. The van der Waals surface area contributed by atoms with E-state index in [4.69, 9.17) is 14.6 Å². The van der Waals surface area contributed by atoms with E-state index in [1.165, 1.54) is 43.4 Å². The van der Waals surface area contributed by atoms with Gasteiger partial charge in [-0.25, -0.2) is 18.5 Å². The van der Waals surface area contributed by atoms with E-state index >= 15 is 0 Å². The highest BCUT2D eigenvalue weighted by Crippen LogP contribution is 2.34. The molecular formula is C18H23N3O7S. The van der Waals surface area contributed by atoms with Crippen LogP contribution >= 0.6 is 0 Å². The molecule has 0 aromatic heterocycles. The van der Waals surface area contributed by atoms with Crippen LogP contribution in [-0.2, 0) is 33.9 Å². The second-order valence-electron chi connectivity index (χ2n) is 6.99. The van der Waals surface area contributed by atoms with E-state index in [0.717, 1.165) is 17.7 Å². The molecule has 1 aromatic rings. The Balaban J connectivity index is 1.86. The van der Waals surface area contributed by atoms with E-state index in [0.29, 0.717) is 0 Å². The molecule has 0 bridgehead atoms. The summed E-state index contributed by atoms with van der Waals surface area (Å²) in [5.41, 5.74) is 0.212. The Kier molecular flexibility index (Phi) is 6.03. The lowest BCUT2D eigenvalue weighted by Crippen LogP contribution is -2.49. The van der Waals surface area contributed by atoms with Gasteiger partial charge in [0, 0.05) is 20.1 Å². The van der Waals surface area contributed by atoms with Crippen molar-refractivity contribution in [3.8, 4) is 0 Å². The first kappa shape index (κ1) is 21.4. The number of nitrogens with zero attached hydrogens (tertiary/aromatic N) is 2. The van der Waals surface area contributed by atoms with Crippen LogP contribution < -0.4 is 10.0 Å². The molecule has 1 aliphatic carbocycles. The number of imide groups is 1. The van der Waals surface area contributed by atoms with Gasteiger partial charge in [0.25, 0.3) is 5.91 Å². The quantitative estimate of drug-likeness (QED) is 0.451. The molecule has 1 heterocycles. The van der Waals surface area contributed by atoms with Crippen LogP contribution in [-0.4, -0.2) is 64.1 Å². The number of primary sulfonamides is 1. The van der Waals surface area contributed by atoms with Gasteiger partial charge in [0.2, 0.25) is 21.8 Å². The normalized spacial score (nSPS) is 19.9. The minimum atomic E-state index is -3.90. The molecule has 2 fully saturated rings. The molecule has 2 N–H and O–H groups in total. The first-order chi connectivity index (χ1) is 13.7. The molecule has 1 aliphatic heterocycles. The van der Waals surface area contributed by atoms with Crippen molar-refractivity contribution in [2.45, 2.75) is 36.5 Å². The van der Waals surface area contributed by atoms with Crippen molar-refractivity contribution < 1.29 is 32.3 Å². The molecule has 29 heavy (non-hydrogen) atoms. The number of methoxy groups -OCH3 is 2. The molecule has 1 aromatic carbocycles. The minimum absolute atomic E-state index is 0.0181. The minimum Gasteiger partial charge on any atom is -0.354 e. The maximum atomic E-state index is 13.0. The van der Waals surface area contributed by atoms with Crippen molar-refractivity contribution in [3.05, 3.63) is 24.3 Å². The molecule has 0 spiro atoms. The maximum Gasteiger partial charge on any atom is 0.257 e. The number of benzene rings is 1. The number of anilines is 1. The van der Waals surface area contributed by atoms with Crippen LogP contribution in [0.25, 0.3) is 0 Å². The first-order valence-corrected chi connectivity index (χ1v) is 10.6. The molecule has 10 nitrogen and oxygen atoms in total. The van der Waals surface area contributed by atoms with Gasteiger partial charge in [-0.1, -0.05) is 0 Å². The lowest BCUT2D eigenvalue weighted by molar-refractivity contribution is -0.153. The zero-order chi connectivity index (χ0) is 21.3. The highest BCUT2D eigenvalue weighted by atomic mass is 32.2. The van der Waals surface area contributed by atoms with Crippen LogP contribution in [0.1, 0.15) is 19.3 Å². The standard InChI is InChI=1S/C18H23N3O7S/c1-27-16(28-2)10-20(17(23)11-3-4-11)14-9-15(22)21(18(14)24)12-5-7-13(8-6-12)29(19,25)26/h5-8,11,14,16H,3-4,9-10H2,1-2H3,(H2,19,25,26). The second kappa shape index (κ2) is 8.19. The van der Waals surface area contributed by atoms with E-state index in [-0.39, 0.29) is 35.4 Å². The fourth-order valence-corrected chi connectivity index (χ4v) is 3.77. The summed E-state index contributed by atoms with van der Waals surface area (Å²) in [4.78, 5) is 40.6. The summed E-state index contributed by atoms with van der Waals surface area (Å²) in [6, 6.07) is 4.13. The molecule has 2 aliphatic rings. The fraction of sp³-hybridized carbons (Fsp3) is 0.500. The summed E-state index contributed by atoms with van der Waals surface area (Å²) in [7, 11) is -1.05. The summed E-state index contributed by atoms with van der Waals surface area (Å²) in [6.07, 6.45) is 0.582. The van der Waals surface area contributed by atoms with E-state index in [9.17, 15) is 22.8 Å². The topological polar surface area (TPSA) is 136 Å². The van der Waals surface area contributed by atoms with Crippen molar-refractivity contribution in [3.63, 3.8) is 0 Å². The van der Waals surface area contributed by atoms with E-state index in [2.05, 4.69) is 0 Å². The molecule has 1 saturated carbocycles. The fourth-order valence-electron chi connectivity index (χ4n) is 3.26. The number of carbonyl (C=O) groups excluding carboxylic acids is 3. The van der Waals surface area contributed by atoms with Crippen LogP contribution in [0.3, 0.4) is 0 Å². The smallest absolute Gasteiger partial charge is 0.257 e. The number of sulfonamides is 1. The average Bonchev–Trinajstić information content (AvgIpc) is 3.48. The number of hydrogen-bond acceptors (Lipinski definition) is 7. The monoisotopic (exact) mass is 425 g/mol. The zero-order valence-corrected chi connectivity index (χ0v) is 16.9. The maximum absolute atomic E-state index is 13.0. The Morgan fingerprint density at radius 3 is 2.28 bits per heavy atom. The van der Waals surface area contributed by atoms with Crippen LogP contribution in [0.15, 0.2) is 29.2 Å². The van der Waals surface area contributed by atoms with Gasteiger partial charge in [-0.3, -0.25) is 14.4 Å². The van der Waals surface area contributed by atoms with Crippen LogP contribution in [0.5, 0.6) is 0 Å². The van der Waals surface area contributed by atoms with Crippen molar-refractivity contribution in [2.24, 2.45) is 11.1 Å². The van der Waals surface area contributed by atoms with E-state index in [1.807, 2.05) is 0 Å². The third-order valence-corrected chi connectivity index (χ3v) is 5.93. The summed E-state index contributed by atoms with van der Waals surface area (Å²) < 4.78 is 33.1. The molecule has 158 valence electrons. The van der Waals surface area contributed by atoms with Crippen molar-refractivity contribution in [1.29, 1.82) is 0 Å². The predicted octanol–water partition coefficient (Wildman–Crippen LogP) is -0.177. The molecule has 3 rings (SSSR count). The van der Waals surface area contributed by atoms with E-state index < -0.39 is 34.2 Å². The number of amides is 3. The van der Waals surface area contributed by atoms with Gasteiger partial charge in [-0.15, -0.1) is 0 Å².